The van der Waals surface area contributed by atoms with Crippen LogP contribution in [-0.4, -0.2) is 65.2 Å². The van der Waals surface area contributed by atoms with Crippen LogP contribution >= 0.6 is 0 Å². The number of hydrogen-bond acceptors (Lipinski definition) is 8. The van der Waals surface area contributed by atoms with Crippen molar-refractivity contribution in [2.75, 3.05) is 33.5 Å². The molecular weight excluding hydrogens is 338 g/mol. The van der Waals surface area contributed by atoms with E-state index >= 15 is 0 Å². The Morgan fingerprint density at radius 3 is 2.18 bits per heavy atom. The molecule has 0 amide bonds. The number of carbonyl (C=O) groups is 1. The number of sulfonamides is 1. The quantitative estimate of drug-likeness (QED) is 0.279. The molecule has 0 bridgehead atoms. The Morgan fingerprint density at radius 1 is 1.14 bits per heavy atom. The van der Waals surface area contributed by atoms with Crippen molar-refractivity contribution in [2.45, 2.75) is 19.1 Å². The molecule has 0 saturated heterocycles. The van der Waals surface area contributed by atoms with Gasteiger partial charge in [0.15, 0.2) is 0 Å². The Hall–Kier alpha value is -1.01. The van der Waals surface area contributed by atoms with Gasteiger partial charge < -0.3 is 9.47 Å². The van der Waals surface area contributed by atoms with Gasteiger partial charge in [0.2, 0.25) is 10.0 Å². The molecule has 0 fully saturated rings. The van der Waals surface area contributed by atoms with Crippen LogP contribution in [0.15, 0.2) is 12.7 Å². The number of rotatable bonds is 11. The second-order valence-corrected chi connectivity index (χ2v) is 8.63. The van der Waals surface area contributed by atoms with E-state index in [1.54, 1.807) is 0 Å². The molecule has 9 nitrogen and oxygen atoms in total. The second-order valence-electron chi connectivity index (χ2n) is 4.24. The predicted octanol–water partition coefficient (Wildman–Crippen LogP) is -0.336. The van der Waals surface area contributed by atoms with Crippen molar-refractivity contribution in [2.24, 2.45) is 0 Å². The standard InChI is InChI=1S/C11H21NO8S2/c1-5-11(13)19-8-6-18-7-9-20-22(16,17)12(4)21(14,15)10(2)3/h5,10H,1,6-9H2,2-4H3. The summed E-state index contributed by atoms with van der Waals surface area (Å²) in [6.45, 7) is 5.48. The van der Waals surface area contributed by atoms with Crippen molar-refractivity contribution in [1.29, 1.82) is 0 Å². The van der Waals surface area contributed by atoms with Gasteiger partial charge in [-0.25, -0.2) is 13.2 Å². The third-order valence-corrected chi connectivity index (χ3v) is 6.54. The Kier molecular flexibility index (Phi) is 8.78. The molecule has 0 saturated carbocycles. The van der Waals surface area contributed by atoms with Crippen molar-refractivity contribution >= 4 is 26.3 Å². The molecule has 0 N–H and O–H groups in total. The van der Waals surface area contributed by atoms with E-state index in [4.69, 9.17) is 4.74 Å². The van der Waals surface area contributed by atoms with Crippen LogP contribution in [0.4, 0.5) is 0 Å². The average molecular weight is 359 g/mol. The lowest BCUT2D eigenvalue weighted by molar-refractivity contribution is -0.139. The van der Waals surface area contributed by atoms with Crippen molar-refractivity contribution in [1.82, 2.24) is 3.71 Å². The fraction of sp³-hybridized carbons (Fsp3) is 0.727. The molecule has 0 spiro atoms. The number of carbonyl (C=O) groups excluding carboxylic acids is 1. The summed E-state index contributed by atoms with van der Waals surface area (Å²) in [7, 11) is -7.49. The van der Waals surface area contributed by atoms with Crippen LogP contribution in [0.3, 0.4) is 0 Å². The Labute approximate surface area is 131 Å². The van der Waals surface area contributed by atoms with Gasteiger partial charge >= 0.3 is 16.3 Å². The van der Waals surface area contributed by atoms with Crippen LogP contribution in [0, 0.1) is 0 Å². The number of nitrogens with zero attached hydrogens (tertiary/aromatic N) is 1. The number of ether oxygens (including phenoxy) is 2. The van der Waals surface area contributed by atoms with Crippen LogP contribution in [-0.2, 0) is 38.8 Å². The molecule has 11 heteroatoms. The molecule has 0 aromatic rings. The summed E-state index contributed by atoms with van der Waals surface area (Å²) >= 11 is 0. The normalized spacial score (nSPS) is 12.6. The van der Waals surface area contributed by atoms with Gasteiger partial charge in [-0.1, -0.05) is 10.3 Å². The maximum Gasteiger partial charge on any atom is 0.351 e. The molecular formula is C11H21NO8S2. The molecule has 130 valence electrons. The number of esters is 1. The minimum atomic E-state index is -4.41. The molecule has 0 aliphatic carbocycles. The van der Waals surface area contributed by atoms with E-state index in [-0.39, 0.29) is 30.1 Å². The highest BCUT2D eigenvalue weighted by molar-refractivity contribution is 8.02. The van der Waals surface area contributed by atoms with Gasteiger partial charge in [0.05, 0.1) is 25.1 Å². The minimum absolute atomic E-state index is 0.0146. The Balaban J connectivity index is 4.15. The Bertz CT molecular complexity index is 567. The summed E-state index contributed by atoms with van der Waals surface area (Å²) in [5.74, 6) is -0.594. The van der Waals surface area contributed by atoms with E-state index in [2.05, 4.69) is 15.5 Å². The molecule has 0 aromatic heterocycles. The lowest BCUT2D eigenvalue weighted by Gasteiger charge is -2.18. The van der Waals surface area contributed by atoms with Gasteiger partial charge in [-0.3, -0.25) is 4.18 Å². The first kappa shape index (κ1) is 21.0. The van der Waals surface area contributed by atoms with Crippen molar-refractivity contribution in [3.63, 3.8) is 0 Å². The summed E-state index contributed by atoms with van der Waals surface area (Å²) in [6, 6.07) is 0. The largest absolute Gasteiger partial charge is 0.460 e. The molecule has 0 unspecified atom stereocenters. The SMILES string of the molecule is C=CC(=O)OCCOCCOS(=O)(=O)N(C)S(=O)(=O)C(C)C. The van der Waals surface area contributed by atoms with Crippen LogP contribution in [0.5, 0.6) is 0 Å². The first-order chi connectivity index (χ1) is 10.1. The molecule has 0 heterocycles. The van der Waals surface area contributed by atoms with E-state index < -0.39 is 31.5 Å². The maximum absolute atomic E-state index is 11.7. The van der Waals surface area contributed by atoms with Crippen LogP contribution in [0.1, 0.15) is 13.8 Å². The topological polar surface area (TPSA) is 116 Å². The third kappa shape index (κ3) is 6.83. The highest BCUT2D eigenvalue weighted by atomic mass is 32.3. The van der Waals surface area contributed by atoms with Crippen molar-refractivity contribution < 1.29 is 35.3 Å². The predicted molar refractivity (Wildman–Crippen MR) is 78.7 cm³/mol. The summed E-state index contributed by atoms with van der Waals surface area (Å²) in [5, 5.41) is -0.897. The van der Waals surface area contributed by atoms with Gasteiger partial charge in [0.25, 0.3) is 0 Å². The lowest BCUT2D eigenvalue weighted by atomic mass is 10.6. The van der Waals surface area contributed by atoms with Crippen LogP contribution < -0.4 is 0 Å². The van der Waals surface area contributed by atoms with E-state index in [9.17, 15) is 21.6 Å². The minimum Gasteiger partial charge on any atom is -0.460 e. The summed E-state index contributed by atoms with van der Waals surface area (Å²) in [5.41, 5.74) is 0. The summed E-state index contributed by atoms with van der Waals surface area (Å²) in [4.78, 5) is 10.7. The van der Waals surface area contributed by atoms with Gasteiger partial charge in [-0.15, -0.1) is 0 Å². The highest BCUT2D eigenvalue weighted by Crippen LogP contribution is 2.12. The lowest BCUT2D eigenvalue weighted by Crippen LogP contribution is -2.39. The highest BCUT2D eigenvalue weighted by Gasteiger charge is 2.33. The third-order valence-electron chi connectivity index (χ3n) is 2.37. The van der Waals surface area contributed by atoms with E-state index in [0.717, 1.165) is 13.1 Å². The van der Waals surface area contributed by atoms with E-state index in [0.29, 0.717) is 0 Å². The second kappa shape index (κ2) is 9.20. The monoisotopic (exact) mass is 359 g/mol. The Morgan fingerprint density at radius 2 is 1.68 bits per heavy atom. The fourth-order valence-electron chi connectivity index (χ4n) is 1.06. The molecule has 0 rings (SSSR count). The van der Waals surface area contributed by atoms with Crippen LogP contribution in [0.2, 0.25) is 0 Å². The van der Waals surface area contributed by atoms with Crippen molar-refractivity contribution in [3.8, 4) is 0 Å². The summed E-state index contributed by atoms with van der Waals surface area (Å²) in [6.07, 6.45) is 1.00. The molecule has 22 heavy (non-hydrogen) atoms. The molecule has 0 aliphatic heterocycles. The summed E-state index contributed by atoms with van der Waals surface area (Å²) < 4.78 is 61.1. The van der Waals surface area contributed by atoms with Crippen molar-refractivity contribution in [3.05, 3.63) is 12.7 Å². The number of hydrogen-bond donors (Lipinski definition) is 0. The maximum atomic E-state index is 11.7. The fourth-order valence-corrected chi connectivity index (χ4v) is 3.74. The molecule has 0 radical (unpaired) electrons. The average Bonchev–Trinajstić information content (AvgIpc) is 2.44. The molecule has 0 aliphatic rings. The smallest absolute Gasteiger partial charge is 0.351 e. The van der Waals surface area contributed by atoms with Gasteiger partial charge in [-0.2, -0.15) is 8.42 Å². The van der Waals surface area contributed by atoms with E-state index in [1.807, 2.05) is 0 Å². The zero-order chi connectivity index (χ0) is 17.4. The zero-order valence-corrected chi connectivity index (χ0v) is 14.4. The molecule has 0 atom stereocenters. The van der Waals surface area contributed by atoms with Crippen LogP contribution in [0.25, 0.3) is 0 Å². The van der Waals surface area contributed by atoms with Gasteiger partial charge in [0, 0.05) is 13.1 Å². The zero-order valence-electron chi connectivity index (χ0n) is 12.7. The van der Waals surface area contributed by atoms with Gasteiger partial charge in [0.1, 0.15) is 6.61 Å². The van der Waals surface area contributed by atoms with E-state index in [1.165, 1.54) is 13.8 Å². The van der Waals surface area contributed by atoms with Gasteiger partial charge in [-0.05, 0) is 13.8 Å². The first-order valence-corrected chi connectivity index (χ1v) is 9.16. The molecule has 0 aromatic carbocycles. The first-order valence-electron chi connectivity index (χ1n) is 6.30.